The van der Waals surface area contributed by atoms with Crippen LogP contribution in [0.3, 0.4) is 0 Å². The molecule has 2 heterocycles. The molecule has 0 spiro atoms. The van der Waals surface area contributed by atoms with E-state index in [9.17, 15) is 39.6 Å². The van der Waals surface area contributed by atoms with Crippen LogP contribution in [0.5, 0.6) is 0 Å². The predicted molar refractivity (Wildman–Crippen MR) is 206 cm³/mol. The number of aliphatic hydroxyl groups is 4. The molecule has 2 fully saturated rings. The highest BCUT2D eigenvalue weighted by Crippen LogP contribution is 2.34. The van der Waals surface area contributed by atoms with Crippen LogP contribution in [0.15, 0.2) is 11.8 Å². The summed E-state index contributed by atoms with van der Waals surface area (Å²) in [6.07, 6.45) is -10.6. The number of allylic oxidation sites excluding steroid dienone is 1. The molecule has 1 saturated heterocycles. The zero-order chi connectivity index (χ0) is 44.0. The van der Waals surface area contributed by atoms with Gasteiger partial charge in [0.15, 0.2) is 12.6 Å². The van der Waals surface area contributed by atoms with Gasteiger partial charge in [-0.05, 0) is 94.6 Å². The van der Waals surface area contributed by atoms with E-state index in [2.05, 4.69) is 16.0 Å². The number of amides is 4. The number of nitrogens with two attached hydrogens (primary N) is 1. The lowest BCUT2D eigenvalue weighted by atomic mass is 9.82. The Kier molecular flexibility index (Phi) is 16.6. The molecule has 1 aliphatic carbocycles. The summed E-state index contributed by atoms with van der Waals surface area (Å²) in [4.78, 5) is 53.0. The molecule has 20 nitrogen and oxygen atoms in total. The topological polar surface area (TPSA) is 279 Å². The first kappa shape index (κ1) is 48.9. The Hall–Kier alpha value is -3.50. The van der Waals surface area contributed by atoms with E-state index in [-0.39, 0.29) is 25.9 Å². The van der Waals surface area contributed by atoms with Crippen molar-refractivity contribution in [2.45, 2.75) is 179 Å². The van der Waals surface area contributed by atoms with Gasteiger partial charge >= 0.3 is 18.3 Å². The maximum atomic E-state index is 13.5. The van der Waals surface area contributed by atoms with Gasteiger partial charge in [-0.3, -0.25) is 4.79 Å². The fraction of sp³-hybridized carbons (Fsp3) is 0.842. The standard InChI is InChI=1S/C38H67N5O15/c1-35(2,3)56-32(48)40-16-15-23(44)30(47)41-21-17-22(42-33(49)57-36(4,5)6)27(54-24-14-12-13-20(18-39)53-24)25(45)28(21)55-31-26(46)29(38(10,51)19-52-31)43(11)34(50)58-37(7,8)9/h13,21-29,31,44-46,51H,12,14-19,39H2,1-11H3,(H,40,48)(H,41,47)(H,42,49)/t21-,22+,23+,24-,25+,26-,27-,28+,29-,31-,38+/m1/s1. The molecule has 2 aliphatic heterocycles. The summed E-state index contributed by atoms with van der Waals surface area (Å²) < 4.78 is 40.4. The van der Waals surface area contributed by atoms with Gasteiger partial charge in [-0.25, -0.2) is 14.4 Å². The Bertz CT molecular complexity index is 1440. The highest BCUT2D eigenvalue weighted by molar-refractivity contribution is 5.81. The summed E-state index contributed by atoms with van der Waals surface area (Å²) in [5.74, 6) is -0.465. The van der Waals surface area contributed by atoms with Crippen molar-refractivity contribution in [2.24, 2.45) is 5.73 Å². The van der Waals surface area contributed by atoms with Crippen LogP contribution < -0.4 is 21.7 Å². The van der Waals surface area contributed by atoms with Crippen molar-refractivity contribution in [2.75, 3.05) is 26.7 Å². The monoisotopic (exact) mass is 833 g/mol. The Morgan fingerprint density at radius 2 is 1.48 bits per heavy atom. The van der Waals surface area contributed by atoms with E-state index in [1.165, 1.54) is 14.0 Å². The third-order valence-electron chi connectivity index (χ3n) is 9.13. The first-order valence-corrected chi connectivity index (χ1v) is 19.6. The molecule has 9 N–H and O–H groups in total. The van der Waals surface area contributed by atoms with E-state index in [4.69, 9.17) is 38.9 Å². The first-order chi connectivity index (χ1) is 26.6. The third kappa shape index (κ3) is 14.6. The molecule has 0 aromatic heterocycles. The second-order valence-electron chi connectivity index (χ2n) is 18.1. The fourth-order valence-electron chi connectivity index (χ4n) is 6.71. The molecule has 0 bridgehead atoms. The molecule has 334 valence electrons. The molecule has 0 aromatic rings. The number of rotatable bonds is 12. The minimum absolute atomic E-state index is 0.0850. The van der Waals surface area contributed by atoms with Crippen LogP contribution in [-0.4, -0.2) is 160 Å². The lowest BCUT2D eigenvalue weighted by Crippen LogP contribution is -2.70. The highest BCUT2D eigenvalue weighted by atomic mass is 16.7. The van der Waals surface area contributed by atoms with E-state index in [0.717, 1.165) is 4.90 Å². The number of ether oxygens (including phenoxy) is 7. The lowest BCUT2D eigenvalue weighted by Gasteiger charge is -2.50. The van der Waals surface area contributed by atoms with Crippen LogP contribution in [0.2, 0.25) is 0 Å². The predicted octanol–water partition coefficient (Wildman–Crippen LogP) is 0.858. The minimum Gasteiger partial charge on any atom is -0.468 e. The average molecular weight is 834 g/mol. The smallest absolute Gasteiger partial charge is 0.410 e. The summed E-state index contributed by atoms with van der Waals surface area (Å²) in [6, 6.07) is -3.64. The maximum absolute atomic E-state index is 13.5. The molecule has 58 heavy (non-hydrogen) atoms. The van der Waals surface area contributed by atoms with Crippen LogP contribution in [0.1, 0.15) is 94.9 Å². The number of likely N-dealkylation sites (N-methyl/N-ethyl adjacent to an activating group) is 1. The molecular formula is C38H67N5O15. The van der Waals surface area contributed by atoms with Gasteiger partial charge in [-0.15, -0.1) is 0 Å². The van der Waals surface area contributed by atoms with Crippen molar-refractivity contribution in [1.29, 1.82) is 0 Å². The fourth-order valence-corrected chi connectivity index (χ4v) is 6.71. The van der Waals surface area contributed by atoms with E-state index in [1.54, 1.807) is 68.4 Å². The van der Waals surface area contributed by atoms with Crippen molar-refractivity contribution in [3.63, 3.8) is 0 Å². The van der Waals surface area contributed by atoms with Crippen molar-refractivity contribution in [3.05, 3.63) is 11.8 Å². The van der Waals surface area contributed by atoms with Crippen LogP contribution in [0.25, 0.3) is 0 Å². The Morgan fingerprint density at radius 3 is 2.07 bits per heavy atom. The number of nitrogens with one attached hydrogen (secondary N) is 3. The summed E-state index contributed by atoms with van der Waals surface area (Å²) >= 11 is 0. The van der Waals surface area contributed by atoms with Crippen molar-refractivity contribution < 1.29 is 72.8 Å². The summed E-state index contributed by atoms with van der Waals surface area (Å²) in [5, 5.41) is 53.8. The van der Waals surface area contributed by atoms with Crippen LogP contribution in [-0.2, 0) is 38.0 Å². The molecule has 0 aromatic carbocycles. The van der Waals surface area contributed by atoms with Gasteiger partial charge < -0.3 is 80.2 Å². The third-order valence-corrected chi connectivity index (χ3v) is 9.13. The van der Waals surface area contributed by atoms with Crippen molar-refractivity contribution in [1.82, 2.24) is 20.9 Å². The molecule has 3 rings (SSSR count). The molecule has 20 heteroatoms. The summed E-state index contributed by atoms with van der Waals surface area (Å²) in [6.45, 7) is 15.9. The number of hydrogen-bond donors (Lipinski definition) is 8. The number of carbonyl (C=O) groups is 4. The Balaban J connectivity index is 1.96. The quantitative estimate of drug-likeness (QED) is 0.127. The SMILES string of the molecule is CN(C(=O)OC(C)(C)C)[C@@H]1[C@@H](O)[C@@H](O[C@@H]2[C@@H](O)[C@H](O[C@@H]3CCC=C(CN)O3)[C@@H](NC(=O)OC(C)(C)C)C[C@H]2NC(=O)[C@@H](O)CCNC(=O)OC(C)(C)C)OC[C@]1(C)O. The number of alkyl carbamates (subject to hydrolysis) is 2. The molecule has 11 atom stereocenters. The van der Waals surface area contributed by atoms with Crippen molar-refractivity contribution >= 4 is 24.2 Å². The van der Waals surface area contributed by atoms with Gasteiger partial charge in [-0.2, -0.15) is 0 Å². The molecule has 0 unspecified atom stereocenters. The van der Waals surface area contributed by atoms with Crippen LogP contribution >= 0.6 is 0 Å². The van der Waals surface area contributed by atoms with Crippen LogP contribution in [0.4, 0.5) is 14.4 Å². The zero-order valence-corrected chi connectivity index (χ0v) is 35.6. The molecular weight excluding hydrogens is 766 g/mol. The van der Waals surface area contributed by atoms with Gasteiger partial charge in [-0.1, -0.05) is 0 Å². The first-order valence-electron chi connectivity index (χ1n) is 19.6. The number of hydrogen-bond acceptors (Lipinski definition) is 16. The minimum atomic E-state index is -1.80. The molecule has 4 amide bonds. The normalized spacial score (nSPS) is 31.1. The Labute approximate surface area is 340 Å². The van der Waals surface area contributed by atoms with E-state index >= 15 is 0 Å². The van der Waals surface area contributed by atoms with Gasteiger partial charge in [0.05, 0.1) is 31.3 Å². The van der Waals surface area contributed by atoms with E-state index in [0.29, 0.717) is 18.6 Å². The van der Waals surface area contributed by atoms with Gasteiger partial charge in [0.1, 0.15) is 58.7 Å². The Morgan fingerprint density at radius 1 is 0.914 bits per heavy atom. The van der Waals surface area contributed by atoms with E-state index < -0.39 is 114 Å². The van der Waals surface area contributed by atoms with E-state index in [1.807, 2.05) is 0 Å². The number of carbonyl (C=O) groups excluding carboxylic acids is 4. The summed E-state index contributed by atoms with van der Waals surface area (Å²) in [5.41, 5.74) is 1.42. The second-order valence-corrected chi connectivity index (χ2v) is 18.1. The number of nitrogens with zero attached hydrogens (tertiary/aromatic N) is 1. The number of aliphatic hydroxyl groups excluding tert-OH is 3. The molecule has 3 aliphatic rings. The van der Waals surface area contributed by atoms with Crippen molar-refractivity contribution in [3.8, 4) is 0 Å². The van der Waals surface area contributed by atoms with Crippen LogP contribution in [0, 0.1) is 0 Å². The molecule has 0 radical (unpaired) electrons. The average Bonchev–Trinajstić information content (AvgIpc) is 3.06. The van der Waals surface area contributed by atoms with Gasteiger partial charge in [0.2, 0.25) is 5.91 Å². The summed E-state index contributed by atoms with van der Waals surface area (Å²) in [7, 11) is 1.33. The van der Waals surface area contributed by atoms with Gasteiger partial charge in [0.25, 0.3) is 0 Å². The second kappa shape index (κ2) is 19.7. The highest BCUT2D eigenvalue weighted by Gasteiger charge is 2.54. The largest absolute Gasteiger partial charge is 0.468 e. The maximum Gasteiger partial charge on any atom is 0.410 e. The molecule has 1 saturated carbocycles. The van der Waals surface area contributed by atoms with Gasteiger partial charge in [0, 0.05) is 20.0 Å². The zero-order valence-electron chi connectivity index (χ0n) is 35.6. The lowest BCUT2D eigenvalue weighted by molar-refractivity contribution is -0.311.